The third kappa shape index (κ3) is 5.66. The van der Waals surface area contributed by atoms with Crippen LogP contribution >= 0.6 is 0 Å². The first-order valence-electron chi connectivity index (χ1n) is 6.64. The summed E-state index contributed by atoms with van der Waals surface area (Å²) in [6.07, 6.45) is 8.91. The fourth-order valence-corrected chi connectivity index (χ4v) is 2.22. The topological polar surface area (TPSA) is 46.2 Å². The van der Waals surface area contributed by atoms with Crippen LogP contribution in [0.25, 0.3) is 0 Å². The number of carbonyl (C=O) groups is 2. The highest BCUT2D eigenvalue weighted by molar-refractivity contribution is 5.87. The molecule has 1 N–H and O–H groups in total. The maximum absolute atomic E-state index is 11.9. The molecule has 1 atom stereocenters. The van der Waals surface area contributed by atoms with E-state index in [4.69, 9.17) is 0 Å². The lowest BCUT2D eigenvalue weighted by Crippen LogP contribution is -2.24. The summed E-state index contributed by atoms with van der Waals surface area (Å²) in [7, 11) is 0. The number of hydrogen-bond donors (Lipinski definition) is 1. The molecular formula is C14H23NO2. The summed E-state index contributed by atoms with van der Waals surface area (Å²) >= 11 is 0. The molecule has 0 bridgehead atoms. The van der Waals surface area contributed by atoms with Crippen LogP contribution in [0.4, 0.5) is 0 Å². The Morgan fingerprint density at radius 1 is 1.41 bits per heavy atom. The van der Waals surface area contributed by atoms with Crippen molar-refractivity contribution in [2.45, 2.75) is 51.4 Å². The van der Waals surface area contributed by atoms with Crippen molar-refractivity contribution in [3.8, 4) is 0 Å². The molecule has 0 spiro atoms. The van der Waals surface area contributed by atoms with Gasteiger partial charge in [-0.1, -0.05) is 12.5 Å². The van der Waals surface area contributed by atoms with E-state index in [0.29, 0.717) is 12.8 Å². The van der Waals surface area contributed by atoms with Gasteiger partial charge in [-0.05, 0) is 32.1 Å². The number of Topliss-reactive ketones (excluding diaryl/α,β-unsaturated/α-hetero) is 1. The Morgan fingerprint density at radius 2 is 2.24 bits per heavy atom. The molecule has 0 aromatic rings. The number of unbranched alkanes of at least 4 members (excludes halogenated alkanes) is 3. The zero-order valence-electron chi connectivity index (χ0n) is 10.5. The number of rotatable bonds is 7. The van der Waals surface area contributed by atoms with Crippen LogP contribution in [0.5, 0.6) is 0 Å². The summed E-state index contributed by atoms with van der Waals surface area (Å²) in [5.41, 5.74) is 0. The van der Waals surface area contributed by atoms with Crippen LogP contribution in [0.2, 0.25) is 0 Å². The lowest BCUT2D eigenvalue weighted by Gasteiger charge is -2.11. The van der Waals surface area contributed by atoms with E-state index >= 15 is 0 Å². The third-order valence-corrected chi connectivity index (χ3v) is 3.27. The van der Waals surface area contributed by atoms with Crippen molar-refractivity contribution in [3.63, 3.8) is 0 Å². The molecule has 0 aliphatic carbocycles. The normalized spacial score (nSPS) is 20.5. The molecule has 1 fully saturated rings. The molecule has 0 saturated carbocycles. The Bertz CT molecular complexity index is 273. The zero-order valence-corrected chi connectivity index (χ0v) is 10.5. The maximum Gasteiger partial charge on any atom is 0.220 e. The molecule has 3 nitrogen and oxygen atoms in total. The van der Waals surface area contributed by atoms with Crippen LogP contribution in [-0.4, -0.2) is 18.2 Å². The maximum atomic E-state index is 11.9. The van der Waals surface area contributed by atoms with E-state index < -0.39 is 0 Å². The Labute approximate surface area is 104 Å². The van der Waals surface area contributed by atoms with Gasteiger partial charge in [-0.25, -0.2) is 0 Å². The van der Waals surface area contributed by atoms with Crippen molar-refractivity contribution < 1.29 is 9.59 Å². The molecule has 17 heavy (non-hydrogen) atoms. The van der Waals surface area contributed by atoms with Crippen molar-refractivity contribution in [1.29, 1.82) is 0 Å². The van der Waals surface area contributed by atoms with Gasteiger partial charge in [0.2, 0.25) is 5.91 Å². The summed E-state index contributed by atoms with van der Waals surface area (Å²) < 4.78 is 0. The molecule has 96 valence electrons. The second kappa shape index (κ2) is 8.04. The van der Waals surface area contributed by atoms with Crippen molar-refractivity contribution in [1.82, 2.24) is 5.32 Å². The average molecular weight is 237 g/mol. The largest absolute Gasteiger partial charge is 0.356 e. The Morgan fingerprint density at radius 3 is 3.00 bits per heavy atom. The van der Waals surface area contributed by atoms with Gasteiger partial charge in [-0.2, -0.15) is 0 Å². The Balaban J connectivity index is 2.21. The van der Waals surface area contributed by atoms with Crippen molar-refractivity contribution in [2.24, 2.45) is 5.92 Å². The number of carbonyl (C=O) groups excluding carboxylic acids is 2. The van der Waals surface area contributed by atoms with E-state index in [-0.39, 0.29) is 17.6 Å². The SMILES string of the molecule is C=CCCCCCC(=O)C1CCCNC(=O)C1. The predicted molar refractivity (Wildman–Crippen MR) is 68.6 cm³/mol. The zero-order chi connectivity index (χ0) is 12.5. The number of nitrogens with one attached hydrogen (secondary N) is 1. The van der Waals surface area contributed by atoms with Gasteiger partial charge in [0.15, 0.2) is 0 Å². The summed E-state index contributed by atoms with van der Waals surface area (Å²) in [6, 6.07) is 0. The number of amides is 1. The van der Waals surface area contributed by atoms with Crippen molar-refractivity contribution >= 4 is 11.7 Å². The molecule has 1 aliphatic heterocycles. The highest BCUT2D eigenvalue weighted by atomic mass is 16.2. The lowest BCUT2D eigenvalue weighted by molar-refractivity contribution is -0.128. The van der Waals surface area contributed by atoms with Crippen LogP contribution in [0.1, 0.15) is 51.4 Å². The molecule has 0 radical (unpaired) electrons. The predicted octanol–water partition coefficient (Wildman–Crippen LogP) is 2.61. The number of hydrogen-bond acceptors (Lipinski definition) is 2. The highest BCUT2D eigenvalue weighted by Gasteiger charge is 2.23. The Hall–Kier alpha value is -1.12. The molecular weight excluding hydrogens is 214 g/mol. The van der Waals surface area contributed by atoms with Crippen molar-refractivity contribution in [2.75, 3.05) is 6.54 Å². The fourth-order valence-electron chi connectivity index (χ4n) is 2.22. The summed E-state index contributed by atoms with van der Waals surface area (Å²) in [6.45, 7) is 4.40. The van der Waals surface area contributed by atoms with Crippen LogP contribution in [-0.2, 0) is 9.59 Å². The minimum atomic E-state index is -0.0306. The summed E-state index contributed by atoms with van der Waals surface area (Å²) in [5, 5.41) is 2.81. The minimum Gasteiger partial charge on any atom is -0.356 e. The quantitative estimate of drug-likeness (QED) is 0.546. The van der Waals surface area contributed by atoms with Gasteiger partial charge in [0.1, 0.15) is 5.78 Å². The first-order chi connectivity index (χ1) is 8.24. The van der Waals surface area contributed by atoms with Crippen LogP contribution in [0.15, 0.2) is 12.7 Å². The third-order valence-electron chi connectivity index (χ3n) is 3.27. The first kappa shape index (κ1) is 13.9. The van der Waals surface area contributed by atoms with Gasteiger partial charge in [0.05, 0.1) is 0 Å². The van der Waals surface area contributed by atoms with E-state index in [1.165, 1.54) is 0 Å². The lowest BCUT2D eigenvalue weighted by atomic mass is 9.92. The molecule has 1 rings (SSSR count). The van der Waals surface area contributed by atoms with Gasteiger partial charge >= 0.3 is 0 Å². The monoisotopic (exact) mass is 237 g/mol. The Kier molecular flexibility index (Phi) is 6.60. The van der Waals surface area contributed by atoms with Gasteiger partial charge in [-0.15, -0.1) is 6.58 Å². The minimum absolute atomic E-state index is 0.0306. The second-order valence-electron chi connectivity index (χ2n) is 4.75. The van der Waals surface area contributed by atoms with E-state index in [1.807, 2.05) is 6.08 Å². The van der Waals surface area contributed by atoms with E-state index in [0.717, 1.165) is 45.1 Å². The molecule has 0 aromatic carbocycles. The van der Waals surface area contributed by atoms with Gasteiger partial charge in [0.25, 0.3) is 0 Å². The van der Waals surface area contributed by atoms with Crippen LogP contribution in [0, 0.1) is 5.92 Å². The van der Waals surface area contributed by atoms with Gasteiger partial charge < -0.3 is 5.32 Å². The van der Waals surface area contributed by atoms with E-state index in [1.54, 1.807) is 0 Å². The van der Waals surface area contributed by atoms with Crippen molar-refractivity contribution in [3.05, 3.63) is 12.7 Å². The number of ketones is 1. The molecule has 1 heterocycles. The molecule has 3 heteroatoms. The van der Waals surface area contributed by atoms with Gasteiger partial charge in [0, 0.05) is 25.3 Å². The average Bonchev–Trinajstić information content (AvgIpc) is 2.53. The molecule has 1 saturated heterocycles. The summed E-state index contributed by atoms with van der Waals surface area (Å²) in [5.74, 6) is 0.282. The smallest absolute Gasteiger partial charge is 0.220 e. The van der Waals surface area contributed by atoms with E-state index in [9.17, 15) is 9.59 Å². The number of allylic oxidation sites excluding steroid dienone is 1. The molecule has 0 aromatic heterocycles. The van der Waals surface area contributed by atoms with Crippen LogP contribution in [0.3, 0.4) is 0 Å². The first-order valence-corrected chi connectivity index (χ1v) is 6.64. The highest BCUT2D eigenvalue weighted by Crippen LogP contribution is 2.18. The molecule has 1 amide bonds. The molecule has 1 unspecified atom stereocenters. The van der Waals surface area contributed by atoms with Gasteiger partial charge in [-0.3, -0.25) is 9.59 Å². The fraction of sp³-hybridized carbons (Fsp3) is 0.714. The second-order valence-corrected chi connectivity index (χ2v) is 4.75. The van der Waals surface area contributed by atoms with E-state index in [2.05, 4.69) is 11.9 Å². The van der Waals surface area contributed by atoms with Crippen LogP contribution < -0.4 is 5.32 Å². The molecule has 1 aliphatic rings. The standard InChI is InChI=1S/C14H23NO2/c1-2-3-4-5-6-9-13(16)12-8-7-10-15-14(17)11-12/h2,12H,1,3-11H2,(H,15,17). The summed E-state index contributed by atoms with van der Waals surface area (Å²) in [4.78, 5) is 23.3.